The van der Waals surface area contributed by atoms with E-state index in [2.05, 4.69) is 4.98 Å². The van der Waals surface area contributed by atoms with Crippen molar-refractivity contribution in [1.82, 2.24) is 9.29 Å². The van der Waals surface area contributed by atoms with Crippen molar-refractivity contribution >= 4 is 21.6 Å². The van der Waals surface area contributed by atoms with E-state index in [-0.39, 0.29) is 18.4 Å². The summed E-state index contributed by atoms with van der Waals surface area (Å²) in [6.07, 6.45) is 4.21. The molecule has 1 aliphatic rings. The Balaban J connectivity index is 1.68. The molecule has 2 heterocycles. The molecule has 1 fully saturated rings. The third-order valence-corrected chi connectivity index (χ3v) is 6.10. The van der Waals surface area contributed by atoms with Gasteiger partial charge in [-0.25, -0.2) is 12.8 Å². The van der Waals surface area contributed by atoms with E-state index in [4.69, 9.17) is 16.3 Å². The first kappa shape index (κ1) is 18.1. The first-order valence-electron chi connectivity index (χ1n) is 7.92. The second-order valence-electron chi connectivity index (χ2n) is 5.93. The number of benzene rings is 1. The van der Waals surface area contributed by atoms with E-state index in [1.165, 1.54) is 28.7 Å². The van der Waals surface area contributed by atoms with E-state index in [1.807, 2.05) is 0 Å². The molecule has 1 atom stereocenters. The molecule has 0 bridgehead atoms. The van der Waals surface area contributed by atoms with Crippen molar-refractivity contribution in [2.24, 2.45) is 0 Å². The van der Waals surface area contributed by atoms with Gasteiger partial charge in [-0.15, -0.1) is 0 Å². The largest absolute Gasteiger partial charge is 0.487 e. The van der Waals surface area contributed by atoms with Gasteiger partial charge in [0.15, 0.2) is 0 Å². The van der Waals surface area contributed by atoms with Crippen LogP contribution in [0.25, 0.3) is 0 Å². The molecule has 134 valence electrons. The van der Waals surface area contributed by atoms with Crippen LogP contribution in [0.4, 0.5) is 4.39 Å². The average molecular weight is 385 g/mol. The van der Waals surface area contributed by atoms with Gasteiger partial charge in [0.05, 0.1) is 12.3 Å². The Morgan fingerprint density at radius 1 is 1.36 bits per heavy atom. The maximum absolute atomic E-state index is 13.3. The predicted molar refractivity (Wildman–Crippen MR) is 93.5 cm³/mol. The Bertz CT molecular complexity index is 847. The monoisotopic (exact) mass is 384 g/mol. The van der Waals surface area contributed by atoms with E-state index in [0.29, 0.717) is 29.3 Å². The van der Waals surface area contributed by atoms with Crippen LogP contribution in [0.2, 0.25) is 5.02 Å². The van der Waals surface area contributed by atoms with Gasteiger partial charge in [0, 0.05) is 25.0 Å². The Hall–Kier alpha value is -1.70. The SMILES string of the molecule is O=S(=O)(Cc1cccc(F)c1)N1CCCC(Oc2ccncc2Cl)C1. The molecule has 1 aliphatic heterocycles. The van der Waals surface area contributed by atoms with Gasteiger partial charge < -0.3 is 4.74 Å². The zero-order valence-electron chi connectivity index (χ0n) is 13.4. The normalized spacial score (nSPS) is 18.9. The van der Waals surface area contributed by atoms with Crippen LogP contribution in [-0.4, -0.2) is 36.9 Å². The summed E-state index contributed by atoms with van der Waals surface area (Å²) in [7, 11) is -3.55. The van der Waals surface area contributed by atoms with Crippen LogP contribution in [0, 0.1) is 5.82 Å². The maximum Gasteiger partial charge on any atom is 0.218 e. The standard InChI is InChI=1S/C17H18ClFN2O3S/c18-16-10-20-7-6-17(16)24-15-5-2-8-21(11-15)25(22,23)12-13-3-1-4-14(19)9-13/h1,3-4,6-7,9-10,15H,2,5,8,11-12H2. The highest BCUT2D eigenvalue weighted by atomic mass is 35.5. The number of rotatable bonds is 5. The molecule has 0 amide bonds. The number of sulfonamides is 1. The van der Waals surface area contributed by atoms with Crippen LogP contribution in [0.5, 0.6) is 5.75 Å². The summed E-state index contributed by atoms with van der Waals surface area (Å²) >= 11 is 6.04. The summed E-state index contributed by atoms with van der Waals surface area (Å²) in [6, 6.07) is 7.30. The van der Waals surface area contributed by atoms with E-state index in [9.17, 15) is 12.8 Å². The molecule has 3 rings (SSSR count). The van der Waals surface area contributed by atoms with Crippen molar-refractivity contribution < 1.29 is 17.5 Å². The number of ether oxygens (including phenoxy) is 1. The van der Waals surface area contributed by atoms with Gasteiger partial charge in [-0.1, -0.05) is 23.7 Å². The summed E-state index contributed by atoms with van der Waals surface area (Å²) in [6.45, 7) is 0.678. The molecule has 1 aromatic carbocycles. The van der Waals surface area contributed by atoms with Crippen molar-refractivity contribution in [2.45, 2.75) is 24.7 Å². The topological polar surface area (TPSA) is 59.5 Å². The number of hydrogen-bond acceptors (Lipinski definition) is 4. The van der Waals surface area contributed by atoms with Crippen LogP contribution in [0.3, 0.4) is 0 Å². The molecule has 8 heteroatoms. The van der Waals surface area contributed by atoms with Crippen LogP contribution in [0.15, 0.2) is 42.7 Å². The Labute approximate surface area is 151 Å². The predicted octanol–water partition coefficient (Wildman–Crippen LogP) is 3.25. The number of piperidine rings is 1. The van der Waals surface area contributed by atoms with Crippen molar-refractivity contribution in [1.29, 1.82) is 0 Å². The lowest BCUT2D eigenvalue weighted by atomic mass is 10.1. The van der Waals surface area contributed by atoms with Crippen LogP contribution < -0.4 is 4.74 Å². The van der Waals surface area contributed by atoms with Crippen LogP contribution in [-0.2, 0) is 15.8 Å². The van der Waals surface area contributed by atoms with Crippen LogP contribution >= 0.6 is 11.6 Å². The lowest BCUT2D eigenvalue weighted by Gasteiger charge is -2.32. The summed E-state index contributed by atoms with van der Waals surface area (Å²) in [4.78, 5) is 3.90. The first-order chi connectivity index (χ1) is 11.9. The summed E-state index contributed by atoms with van der Waals surface area (Å²) < 4.78 is 45.8. The Kier molecular flexibility index (Phi) is 5.56. The molecule has 1 saturated heterocycles. The highest BCUT2D eigenvalue weighted by Gasteiger charge is 2.30. The van der Waals surface area contributed by atoms with Crippen molar-refractivity contribution in [2.75, 3.05) is 13.1 Å². The van der Waals surface area contributed by atoms with Gasteiger partial charge in [0.25, 0.3) is 0 Å². The first-order valence-corrected chi connectivity index (χ1v) is 9.91. The molecule has 2 aromatic rings. The Morgan fingerprint density at radius 3 is 2.96 bits per heavy atom. The van der Waals surface area contributed by atoms with E-state index in [0.717, 1.165) is 6.42 Å². The van der Waals surface area contributed by atoms with Gasteiger partial charge in [-0.2, -0.15) is 4.31 Å². The third kappa shape index (κ3) is 4.68. The van der Waals surface area contributed by atoms with Crippen molar-refractivity contribution in [3.63, 3.8) is 0 Å². The lowest BCUT2D eigenvalue weighted by Crippen LogP contribution is -2.44. The molecule has 1 unspecified atom stereocenters. The number of hydrogen-bond donors (Lipinski definition) is 0. The molecule has 0 saturated carbocycles. The second-order valence-corrected chi connectivity index (χ2v) is 8.31. The molecule has 0 radical (unpaired) electrons. The fourth-order valence-corrected chi connectivity index (χ4v) is 4.57. The van der Waals surface area contributed by atoms with E-state index >= 15 is 0 Å². The lowest BCUT2D eigenvalue weighted by molar-refractivity contribution is 0.129. The quantitative estimate of drug-likeness (QED) is 0.794. The average Bonchev–Trinajstić information content (AvgIpc) is 2.57. The molecule has 1 aromatic heterocycles. The van der Waals surface area contributed by atoms with Gasteiger partial charge in [0.2, 0.25) is 10.0 Å². The molecule has 0 spiro atoms. The highest BCUT2D eigenvalue weighted by Crippen LogP contribution is 2.26. The summed E-state index contributed by atoms with van der Waals surface area (Å²) in [5, 5.41) is 0.391. The number of pyridine rings is 1. The second kappa shape index (κ2) is 7.68. The summed E-state index contributed by atoms with van der Waals surface area (Å²) in [5.74, 6) is -0.182. The minimum atomic E-state index is -3.55. The van der Waals surface area contributed by atoms with E-state index in [1.54, 1.807) is 18.3 Å². The fraction of sp³-hybridized carbons (Fsp3) is 0.353. The molecule has 0 aliphatic carbocycles. The van der Waals surface area contributed by atoms with E-state index < -0.39 is 15.8 Å². The van der Waals surface area contributed by atoms with Gasteiger partial charge in [-0.3, -0.25) is 4.98 Å². The van der Waals surface area contributed by atoms with Gasteiger partial charge in [-0.05, 0) is 30.5 Å². The van der Waals surface area contributed by atoms with Crippen molar-refractivity contribution in [3.8, 4) is 5.75 Å². The zero-order chi connectivity index (χ0) is 17.9. The minimum absolute atomic E-state index is 0.229. The Morgan fingerprint density at radius 2 is 2.20 bits per heavy atom. The molecular formula is C17H18ClFN2O3S. The number of aromatic nitrogens is 1. The van der Waals surface area contributed by atoms with Gasteiger partial charge >= 0.3 is 0 Å². The fourth-order valence-electron chi connectivity index (χ4n) is 2.82. The molecule has 5 nitrogen and oxygen atoms in total. The smallest absolute Gasteiger partial charge is 0.218 e. The summed E-state index contributed by atoms with van der Waals surface area (Å²) in [5.41, 5.74) is 0.431. The molecule has 0 N–H and O–H groups in total. The van der Waals surface area contributed by atoms with Crippen LogP contribution in [0.1, 0.15) is 18.4 Å². The number of halogens is 2. The minimum Gasteiger partial charge on any atom is -0.487 e. The highest BCUT2D eigenvalue weighted by molar-refractivity contribution is 7.88. The molecule has 25 heavy (non-hydrogen) atoms. The van der Waals surface area contributed by atoms with Gasteiger partial charge in [0.1, 0.15) is 22.7 Å². The molecular weight excluding hydrogens is 367 g/mol. The van der Waals surface area contributed by atoms with Crippen molar-refractivity contribution in [3.05, 3.63) is 59.1 Å². The zero-order valence-corrected chi connectivity index (χ0v) is 15.0. The maximum atomic E-state index is 13.3. The third-order valence-electron chi connectivity index (χ3n) is 4.00. The number of nitrogens with zero attached hydrogens (tertiary/aromatic N) is 2.